The summed E-state index contributed by atoms with van der Waals surface area (Å²) in [5.41, 5.74) is 2.40. The molecule has 0 aliphatic carbocycles. The molecule has 0 atom stereocenters. The molecule has 0 saturated carbocycles. The van der Waals surface area contributed by atoms with E-state index in [2.05, 4.69) is 5.32 Å². The van der Waals surface area contributed by atoms with Crippen molar-refractivity contribution >= 4 is 29.3 Å². The third-order valence-corrected chi connectivity index (χ3v) is 6.05. The van der Waals surface area contributed by atoms with Crippen LogP contribution in [-0.2, 0) is 17.0 Å². The van der Waals surface area contributed by atoms with E-state index in [-0.39, 0.29) is 11.7 Å². The monoisotopic (exact) mass is 423 g/mol. The largest absolute Gasteiger partial charge is 0.370 e. The average molecular weight is 424 g/mol. The van der Waals surface area contributed by atoms with Gasteiger partial charge >= 0.3 is 0 Å². The summed E-state index contributed by atoms with van der Waals surface area (Å²) >= 11 is 7.56. The minimum absolute atomic E-state index is 0.0882. The van der Waals surface area contributed by atoms with Gasteiger partial charge < -0.3 is 15.0 Å². The Morgan fingerprint density at radius 3 is 2.64 bits per heavy atom. The van der Waals surface area contributed by atoms with Gasteiger partial charge in [-0.1, -0.05) is 29.8 Å². The van der Waals surface area contributed by atoms with Gasteiger partial charge in [-0.15, -0.1) is 0 Å². The number of benzene rings is 2. The Morgan fingerprint density at radius 2 is 1.93 bits per heavy atom. The lowest BCUT2D eigenvalue weighted by molar-refractivity contribution is -0.921. The smallest absolute Gasteiger partial charge is 0.251 e. The fraction of sp³-hybridized carbons (Fsp3) is 0.381. The normalized spacial score (nSPS) is 14.8. The van der Waals surface area contributed by atoms with E-state index in [9.17, 15) is 9.18 Å². The summed E-state index contributed by atoms with van der Waals surface area (Å²) < 4.78 is 19.1. The molecule has 0 bridgehead atoms. The van der Waals surface area contributed by atoms with Gasteiger partial charge in [-0.25, -0.2) is 4.39 Å². The number of hydrogen-bond donors (Lipinski definition) is 2. The zero-order chi connectivity index (χ0) is 19.8. The van der Waals surface area contributed by atoms with Crippen LogP contribution in [0.2, 0.25) is 5.02 Å². The van der Waals surface area contributed by atoms with E-state index < -0.39 is 0 Å². The van der Waals surface area contributed by atoms with Crippen molar-refractivity contribution in [3.8, 4) is 0 Å². The van der Waals surface area contributed by atoms with Crippen LogP contribution in [0.25, 0.3) is 0 Å². The fourth-order valence-corrected chi connectivity index (χ4v) is 4.28. The van der Waals surface area contributed by atoms with Crippen LogP contribution >= 0.6 is 23.4 Å². The van der Waals surface area contributed by atoms with Gasteiger partial charge in [0.1, 0.15) is 25.5 Å². The van der Waals surface area contributed by atoms with Crippen LogP contribution < -0.4 is 10.2 Å². The molecule has 2 N–H and O–H groups in total. The highest BCUT2D eigenvalue weighted by atomic mass is 35.5. The minimum atomic E-state index is -0.289. The predicted octanol–water partition coefficient (Wildman–Crippen LogP) is 2.56. The summed E-state index contributed by atoms with van der Waals surface area (Å²) in [6.45, 7) is 5.17. The number of rotatable bonds is 8. The van der Waals surface area contributed by atoms with Crippen LogP contribution in [0.1, 0.15) is 21.5 Å². The van der Waals surface area contributed by atoms with Gasteiger partial charge in [0.15, 0.2) is 0 Å². The van der Waals surface area contributed by atoms with Gasteiger partial charge in [0.25, 0.3) is 5.91 Å². The van der Waals surface area contributed by atoms with Gasteiger partial charge in [-0.2, -0.15) is 11.8 Å². The molecule has 1 heterocycles. The Hall–Kier alpha value is -1.60. The van der Waals surface area contributed by atoms with Gasteiger partial charge in [0.05, 0.1) is 13.2 Å². The van der Waals surface area contributed by atoms with Crippen molar-refractivity contribution in [2.24, 2.45) is 0 Å². The molecule has 0 aromatic heterocycles. The number of carbonyl (C=O) groups is 1. The molecular formula is C21H25ClFN2O2S+. The van der Waals surface area contributed by atoms with Gasteiger partial charge in [0.2, 0.25) is 0 Å². The number of thioether (sulfide) groups is 1. The highest BCUT2D eigenvalue weighted by Gasteiger charge is 2.14. The Bertz CT molecular complexity index is 762. The van der Waals surface area contributed by atoms with Crippen molar-refractivity contribution < 1.29 is 18.8 Å². The van der Waals surface area contributed by atoms with Crippen LogP contribution in [0.3, 0.4) is 0 Å². The standard InChI is InChI=1S/C21H24ClFN2O2S/c22-19-2-1-3-20(23)18(19)15-28-13-8-24-21(26)17-6-4-16(5-7-17)14-25-9-11-27-12-10-25/h1-7H,8-15H2,(H,24,26)/p+1. The molecule has 0 spiro atoms. The molecule has 0 unspecified atom stereocenters. The molecule has 1 saturated heterocycles. The predicted molar refractivity (Wildman–Crippen MR) is 112 cm³/mol. The second-order valence-electron chi connectivity index (χ2n) is 6.74. The first-order valence-electron chi connectivity index (χ1n) is 9.42. The van der Waals surface area contributed by atoms with Crippen molar-refractivity contribution in [2.45, 2.75) is 12.3 Å². The number of morpholine rings is 1. The van der Waals surface area contributed by atoms with Crippen molar-refractivity contribution in [2.75, 3.05) is 38.6 Å². The van der Waals surface area contributed by atoms with Gasteiger partial charge in [-0.3, -0.25) is 4.79 Å². The van der Waals surface area contributed by atoms with E-state index in [1.54, 1.807) is 23.9 Å². The van der Waals surface area contributed by atoms with Crippen LogP contribution in [0.4, 0.5) is 4.39 Å². The number of ether oxygens (including phenoxy) is 1. The number of hydrogen-bond acceptors (Lipinski definition) is 3. The maximum Gasteiger partial charge on any atom is 0.251 e. The van der Waals surface area contributed by atoms with Crippen LogP contribution in [0, 0.1) is 5.82 Å². The fourth-order valence-electron chi connectivity index (χ4n) is 3.08. The molecule has 1 fully saturated rings. The maximum atomic E-state index is 13.7. The number of halogens is 2. The SMILES string of the molecule is O=C(NCCSCc1c(F)cccc1Cl)c1ccc(C[NH+]2CCOCC2)cc1. The number of amides is 1. The Kier molecular flexibility index (Phi) is 8.15. The third kappa shape index (κ3) is 6.21. The van der Waals surface area contributed by atoms with Gasteiger partial charge in [-0.05, 0) is 24.3 Å². The Labute approximate surface area is 174 Å². The second kappa shape index (κ2) is 10.8. The molecule has 7 heteroatoms. The van der Waals surface area contributed by atoms with E-state index in [1.165, 1.54) is 16.5 Å². The average Bonchev–Trinajstić information content (AvgIpc) is 2.71. The number of quaternary nitrogens is 1. The summed E-state index contributed by atoms with van der Waals surface area (Å²) in [5, 5.41) is 3.35. The third-order valence-electron chi connectivity index (χ3n) is 4.71. The first-order valence-corrected chi connectivity index (χ1v) is 11.0. The van der Waals surface area contributed by atoms with Crippen molar-refractivity contribution in [3.63, 3.8) is 0 Å². The lowest BCUT2D eigenvalue weighted by atomic mass is 10.1. The lowest BCUT2D eigenvalue weighted by Gasteiger charge is -2.23. The molecule has 1 amide bonds. The van der Waals surface area contributed by atoms with E-state index in [0.29, 0.717) is 34.2 Å². The zero-order valence-corrected chi connectivity index (χ0v) is 17.3. The maximum absolute atomic E-state index is 13.7. The number of nitrogens with one attached hydrogen (secondary N) is 2. The number of carbonyl (C=O) groups excluding carboxylic acids is 1. The summed E-state index contributed by atoms with van der Waals surface area (Å²) in [5.74, 6) is 0.798. The summed E-state index contributed by atoms with van der Waals surface area (Å²) in [6, 6.07) is 12.5. The minimum Gasteiger partial charge on any atom is -0.370 e. The summed E-state index contributed by atoms with van der Waals surface area (Å²) in [6.07, 6.45) is 0. The molecule has 3 rings (SSSR count). The molecule has 1 aliphatic heterocycles. The second-order valence-corrected chi connectivity index (χ2v) is 8.26. The first-order chi connectivity index (χ1) is 13.6. The quantitative estimate of drug-likeness (QED) is 0.641. The summed E-state index contributed by atoms with van der Waals surface area (Å²) in [7, 11) is 0. The van der Waals surface area contributed by atoms with E-state index in [1.807, 2.05) is 24.3 Å². The lowest BCUT2D eigenvalue weighted by Crippen LogP contribution is -3.12. The molecule has 2 aromatic carbocycles. The van der Waals surface area contributed by atoms with Crippen LogP contribution in [0.15, 0.2) is 42.5 Å². The van der Waals surface area contributed by atoms with Crippen molar-refractivity contribution in [3.05, 3.63) is 70.0 Å². The van der Waals surface area contributed by atoms with Crippen molar-refractivity contribution in [1.29, 1.82) is 0 Å². The van der Waals surface area contributed by atoms with E-state index in [0.717, 1.165) is 32.8 Å². The molecule has 2 aromatic rings. The molecular weight excluding hydrogens is 399 g/mol. The molecule has 150 valence electrons. The highest BCUT2D eigenvalue weighted by molar-refractivity contribution is 7.98. The zero-order valence-electron chi connectivity index (χ0n) is 15.7. The highest BCUT2D eigenvalue weighted by Crippen LogP contribution is 2.23. The molecule has 4 nitrogen and oxygen atoms in total. The van der Waals surface area contributed by atoms with E-state index >= 15 is 0 Å². The summed E-state index contributed by atoms with van der Waals surface area (Å²) in [4.78, 5) is 13.8. The van der Waals surface area contributed by atoms with Gasteiger partial charge in [0, 0.05) is 39.8 Å². The van der Waals surface area contributed by atoms with Crippen LogP contribution in [-0.4, -0.2) is 44.5 Å². The van der Waals surface area contributed by atoms with E-state index in [4.69, 9.17) is 16.3 Å². The van der Waals surface area contributed by atoms with Crippen molar-refractivity contribution in [1.82, 2.24) is 5.32 Å². The molecule has 1 aliphatic rings. The first kappa shape index (κ1) is 21.1. The topological polar surface area (TPSA) is 42.8 Å². The molecule has 0 radical (unpaired) electrons. The Morgan fingerprint density at radius 1 is 1.18 bits per heavy atom. The van der Waals surface area contributed by atoms with Crippen LogP contribution in [0.5, 0.6) is 0 Å². The molecule has 28 heavy (non-hydrogen) atoms. The Balaban J connectivity index is 1.38.